The lowest BCUT2D eigenvalue weighted by atomic mass is 10.2. The van der Waals surface area contributed by atoms with Crippen molar-refractivity contribution >= 4 is 33.7 Å². The molecule has 0 amide bonds. The number of halogens is 4. The van der Waals surface area contributed by atoms with E-state index in [2.05, 4.69) is 20.2 Å². The van der Waals surface area contributed by atoms with Crippen LogP contribution in [0.3, 0.4) is 0 Å². The van der Waals surface area contributed by atoms with E-state index in [9.17, 15) is 13.2 Å². The van der Waals surface area contributed by atoms with Crippen LogP contribution >= 0.6 is 11.6 Å². The van der Waals surface area contributed by atoms with Crippen molar-refractivity contribution in [3.8, 4) is 5.69 Å². The third-order valence-corrected chi connectivity index (χ3v) is 3.75. The van der Waals surface area contributed by atoms with Crippen LogP contribution in [0.2, 0.25) is 5.02 Å². The summed E-state index contributed by atoms with van der Waals surface area (Å²) in [5.41, 5.74) is 0.712. The van der Waals surface area contributed by atoms with Gasteiger partial charge in [0, 0.05) is 5.39 Å². The number of nitrogens with one attached hydrogen (secondary N) is 1. The van der Waals surface area contributed by atoms with E-state index >= 15 is 0 Å². The van der Waals surface area contributed by atoms with E-state index < -0.39 is 11.9 Å². The molecule has 0 fully saturated rings. The number of pyridine rings is 1. The molecule has 116 valence electrons. The first-order valence-corrected chi connectivity index (χ1v) is 6.85. The van der Waals surface area contributed by atoms with Gasteiger partial charge in [0.05, 0.1) is 22.4 Å². The Morgan fingerprint density at radius 1 is 1.17 bits per heavy atom. The highest BCUT2D eigenvalue weighted by Gasteiger charge is 2.33. The maximum Gasteiger partial charge on any atom is 0.433 e. The predicted octanol–water partition coefficient (Wildman–Crippen LogP) is 3.97. The minimum Gasteiger partial charge on any atom is -0.283 e. The summed E-state index contributed by atoms with van der Waals surface area (Å²) in [6.07, 6.45) is -1.52. The van der Waals surface area contributed by atoms with Gasteiger partial charge < -0.3 is 0 Å². The minimum absolute atomic E-state index is 0.110. The Hall–Kier alpha value is -2.61. The second-order valence-corrected chi connectivity index (χ2v) is 5.32. The molecule has 0 saturated heterocycles. The molecule has 0 aliphatic carbocycles. The summed E-state index contributed by atoms with van der Waals surface area (Å²) in [5.74, 6) is 0. The number of fused-ring (bicyclic) bond motifs is 2. The van der Waals surface area contributed by atoms with Crippen molar-refractivity contribution in [1.29, 1.82) is 0 Å². The second-order valence-electron chi connectivity index (χ2n) is 4.91. The van der Waals surface area contributed by atoms with Crippen LogP contribution in [-0.4, -0.2) is 24.7 Å². The van der Waals surface area contributed by atoms with Crippen LogP contribution in [0.4, 0.5) is 13.2 Å². The first kappa shape index (κ1) is 14.0. The summed E-state index contributed by atoms with van der Waals surface area (Å²) >= 11 is 6.17. The molecule has 0 aliphatic heterocycles. The molecule has 3 aromatic heterocycles. The molecule has 0 atom stereocenters. The molecule has 0 saturated carbocycles. The Bertz CT molecular complexity index is 1030. The Morgan fingerprint density at radius 3 is 2.78 bits per heavy atom. The zero-order valence-electron chi connectivity index (χ0n) is 11.3. The zero-order valence-corrected chi connectivity index (χ0v) is 12.0. The summed E-state index contributed by atoms with van der Waals surface area (Å²) in [6, 6.07) is 5.56. The molecule has 0 spiro atoms. The van der Waals surface area contributed by atoms with Crippen molar-refractivity contribution < 1.29 is 13.2 Å². The highest BCUT2D eigenvalue weighted by Crippen LogP contribution is 2.30. The maximum atomic E-state index is 12.9. The van der Waals surface area contributed by atoms with Crippen LogP contribution in [0, 0.1) is 0 Å². The van der Waals surface area contributed by atoms with E-state index in [1.807, 2.05) is 0 Å². The number of H-pyrrole nitrogens is 1. The summed E-state index contributed by atoms with van der Waals surface area (Å²) < 4.78 is 40.0. The number of aromatic amines is 1. The smallest absolute Gasteiger partial charge is 0.283 e. The number of hydrogen-bond donors (Lipinski definition) is 1. The standard InChI is InChI=1S/C14H7ClF3N5/c15-9-4-8(3-7-5-20-22-12(7)9)23-6-19-10-1-2-11(14(16,17)18)21-13(10)23/h1-6H,(H,20,22). The van der Waals surface area contributed by atoms with Crippen molar-refractivity contribution in [3.05, 3.63) is 47.5 Å². The van der Waals surface area contributed by atoms with Gasteiger partial charge in [-0.3, -0.25) is 9.67 Å². The lowest BCUT2D eigenvalue weighted by Crippen LogP contribution is -2.08. The zero-order chi connectivity index (χ0) is 16.2. The molecule has 9 heteroatoms. The molecule has 1 aromatic carbocycles. The molecule has 0 bridgehead atoms. The van der Waals surface area contributed by atoms with Crippen LogP contribution < -0.4 is 0 Å². The average Bonchev–Trinajstić information content (AvgIpc) is 3.11. The van der Waals surface area contributed by atoms with Gasteiger partial charge in [0.1, 0.15) is 17.5 Å². The quantitative estimate of drug-likeness (QED) is 0.571. The molecule has 5 nitrogen and oxygen atoms in total. The summed E-state index contributed by atoms with van der Waals surface area (Å²) in [6.45, 7) is 0. The fourth-order valence-corrected chi connectivity index (χ4v) is 2.64. The number of aromatic nitrogens is 5. The van der Waals surface area contributed by atoms with Gasteiger partial charge in [-0.1, -0.05) is 11.6 Å². The molecular weight excluding hydrogens is 331 g/mol. The third-order valence-electron chi connectivity index (χ3n) is 3.45. The van der Waals surface area contributed by atoms with Crippen LogP contribution in [0.5, 0.6) is 0 Å². The number of benzene rings is 1. The first-order valence-electron chi connectivity index (χ1n) is 6.48. The number of nitrogens with zero attached hydrogens (tertiary/aromatic N) is 4. The highest BCUT2D eigenvalue weighted by atomic mass is 35.5. The van der Waals surface area contributed by atoms with E-state index in [1.54, 1.807) is 18.3 Å². The van der Waals surface area contributed by atoms with E-state index in [1.165, 1.54) is 17.0 Å². The van der Waals surface area contributed by atoms with E-state index in [0.29, 0.717) is 21.7 Å². The molecule has 4 aromatic rings. The third kappa shape index (κ3) is 2.22. The molecule has 0 aliphatic rings. The normalized spacial score (nSPS) is 12.3. The van der Waals surface area contributed by atoms with Crippen LogP contribution in [-0.2, 0) is 6.18 Å². The monoisotopic (exact) mass is 337 g/mol. The van der Waals surface area contributed by atoms with Gasteiger partial charge in [0.2, 0.25) is 0 Å². The van der Waals surface area contributed by atoms with Crippen LogP contribution in [0.1, 0.15) is 5.69 Å². The Kier molecular flexibility index (Phi) is 2.86. The van der Waals surface area contributed by atoms with Crippen LogP contribution in [0.25, 0.3) is 27.8 Å². The lowest BCUT2D eigenvalue weighted by molar-refractivity contribution is -0.141. The summed E-state index contributed by atoms with van der Waals surface area (Å²) in [5, 5.41) is 7.79. The molecule has 1 N–H and O–H groups in total. The molecule has 0 radical (unpaired) electrons. The highest BCUT2D eigenvalue weighted by molar-refractivity contribution is 6.35. The molecule has 0 unspecified atom stereocenters. The Morgan fingerprint density at radius 2 is 2.00 bits per heavy atom. The van der Waals surface area contributed by atoms with Crippen molar-refractivity contribution in [1.82, 2.24) is 24.7 Å². The number of alkyl halides is 3. The van der Waals surface area contributed by atoms with Crippen LogP contribution in [0.15, 0.2) is 36.8 Å². The first-order chi connectivity index (χ1) is 10.9. The Labute approximate surface area is 131 Å². The van der Waals surface area contributed by atoms with Gasteiger partial charge >= 0.3 is 6.18 Å². The van der Waals surface area contributed by atoms with Crippen molar-refractivity contribution in [2.24, 2.45) is 0 Å². The number of rotatable bonds is 1. The minimum atomic E-state index is -4.52. The fraction of sp³-hybridized carbons (Fsp3) is 0.0714. The fourth-order valence-electron chi connectivity index (χ4n) is 2.38. The molecular formula is C14H7ClF3N5. The topological polar surface area (TPSA) is 59.4 Å². The second kappa shape index (κ2) is 4.69. The van der Waals surface area contributed by atoms with Crippen molar-refractivity contribution in [3.63, 3.8) is 0 Å². The van der Waals surface area contributed by atoms with Gasteiger partial charge in [-0.05, 0) is 24.3 Å². The molecule has 23 heavy (non-hydrogen) atoms. The van der Waals surface area contributed by atoms with E-state index in [4.69, 9.17) is 11.6 Å². The van der Waals surface area contributed by atoms with Gasteiger partial charge in [0.25, 0.3) is 0 Å². The van der Waals surface area contributed by atoms with Gasteiger partial charge in [0.15, 0.2) is 5.65 Å². The van der Waals surface area contributed by atoms with E-state index in [-0.39, 0.29) is 5.65 Å². The summed E-state index contributed by atoms with van der Waals surface area (Å²) in [4.78, 5) is 7.77. The van der Waals surface area contributed by atoms with Gasteiger partial charge in [-0.25, -0.2) is 9.97 Å². The largest absolute Gasteiger partial charge is 0.433 e. The van der Waals surface area contributed by atoms with Crippen molar-refractivity contribution in [2.75, 3.05) is 0 Å². The maximum absolute atomic E-state index is 12.9. The Balaban J connectivity index is 1.96. The summed E-state index contributed by atoms with van der Waals surface area (Å²) in [7, 11) is 0. The van der Waals surface area contributed by atoms with Gasteiger partial charge in [-0.2, -0.15) is 18.3 Å². The van der Waals surface area contributed by atoms with E-state index in [0.717, 1.165) is 11.5 Å². The molecule has 3 heterocycles. The number of imidazole rings is 1. The van der Waals surface area contributed by atoms with Gasteiger partial charge in [-0.15, -0.1) is 0 Å². The number of hydrogen-bond acceptors (Lipinski definition) is 3. The molecule has 4 rings (SSSR count). The van der Waals surface area contributed by atoms with Crippen molar-refractivity contribution in [2.45, 2.75) is 6.18 Å². The predicted molar refractivity (Wildman–Crippen MR) is 78.5 cm³/mol. The lowest BCUT2D eigenvalue weighted by Gasteiger charge is -2.08. The average molecular weight is 338 g/mol. The SMILES string of the molecule is FC(F)(F)c1ccc2ncn(-c3cc(Cl)c4[nH]ncc4c3)c2n1.